The van der Waals surface area contributed by atoms with Crippen molar-refractivity contribution in [1.82, 2.24) is 9.80 Å². The number of likely N-dealkylation sites (tertiary alicyclic amines) is 1. The third kappa shape index (κ3) is 5.77. The van der Waals surface area contributed by atoms with Crippen molar-refractivity contribution in [3.63, 3.8) is 0 Å². The molecule has 0 radical (unpaired) electrons. The third-order valence-corrected chi connectivity index (χ3v) is 5.47. The highest BCUT2D eigenvalue weighted by Gasteiger charge is 2.26. The third-order valence-electron chi connectivity index (χ3n) is 5.47. The second kappa shape index (κ2) is 10.5. The molecule has 1 amide bonds. The first-order valence-corrected chi connectivity index (χ1v) is 10.2. The van der Waals surface area contributed by atoms with Gasteiger partial charge in [0.05, 0.1) is 19.1 Å². The zero-order chi connectivity index (χ0) is 21.5. The average molecular weight is 418 g/mol. The van der Waals surface area contributed by atoms with Gasteiger partial charge in [0.1, 0.15) is 24.0 Å². The van der Waals surface area contributed by atoms with E-state index >= 15 is 0 Å². The molecule has 2 aromatic carbocycles. The fourth-order valence-electron chi connectivity index (χ4n) is 3.74. The number of aliphatic hydroxyl groups excluding tert-OH is 1. The van der Waals surface area contributed by atoms with Gasteiger partial charge in [0.25, 0.3) is 0 Å². The summed E-state index contributed by atoms with van der Waals surface area (Å²) in [7, 11) is 1.72. The molecule has 162 valence electrons. The van der Waals surface area contributed by atoms with Gasteiger partial charge in [-0.15, -0.1) is 0 Å². The normalized spacial score (nSPS) is 15.2. The number of carbonyl (C=O) groups excluding carboxylic acids is 1. The Hall–Kier alpha value is -2.51. The van der Waals surface area contributed by atoms with Crippen LogP contribution in [0, 0.1) is 11.6 Å². The molecule has 2 aromatic rings. The smallest absolute Gasteiger partial charge is 0.227 e. The second-order valence-corrected chi connectivity index (χ2v) is 7.58. The number of aliphatic hydroxyl groups is 1. The van der Waals surface area contributed by atoms with E-state index in [1.165, 1.54) is 12.1 Å². The first-order valence-electron chi connectivity index (χ1n) is 10.2. The van der Waals surface area contributed by atoms with Crippen molar-refractivity contribution < 1.29 is 23.4 Å². The summed E-state index contributed by atoms with van der Waals surface area (Å²) >= 11 is 0. The van der Waals surface area contributed by atoms with E-state index in [9.17, 15) is 13.6 Å². The number of ether oxygens (including phenoxy) is 1. The monoisotopic (exact) mass is 418 g/mol. The minimum atomic E-state index is -0.710. The Kier molecular flexibility index (Phi) is 7.76. The highest BCUT2D eigenvalue weighted by atomic mass is 19.1. The van der Waals surface area contributed by atoms with Crippen LogP contribution in [0.25, 0.3) is 0 Å². The van der Waals surface area contributed by atoms with Gasteiger partial charge in [-0.05, 0) is 55.3 Å². The first-order chi connectivity index (χ1) is 14.5. The molecule has 5 nitrogen and oxygen atoms in total. The number of halogens is 2. The van der Waals surface area contributed by atoms with Gasteiger partial charge in [0.2, 0.25) is 5.91 Å². The fourth-order valence-corrected chi connectivity index (χ4v) is 3.74. The van der Waals surface area contributed by atoms with Gasteiger partial charge in [0, 0.05) is 19.7 Å². The van der Waals surface area contributed by atoms with E-state index < -0.39 is 11.6 Å². The lowest BCUT2D eigenvalue weighted by Crippen LogP contribution is -2.39. The van der Waals surface area contributed by atoms with Crippen LogP contribution in [-0.2, 0) is 11.2 Å². The minimum Gasteiger partial charge on any atom is -0.491 e. The highest BCUT2D eigenvalue weighted by molar-refractivity contribution is 5.79. The molecule has 0 saturated carbocycles. The lowest BCUT2D eigenvalue weighted by atomic mass is 10.0. The summed E-state index contributed by atoms with van der Waals surface area (Å²) in [6.45, 7) is 2.82. The van der Waals surface area contributed by atoms with E-state index in [2.05, 4.69) is 4.90 Å². The van der Waals surface area contributed by atoms with Crippen molar-refractivity contribution >= 4 is 5.91 Å². The van der Waals surface area contributed by atoms with Crippen molar-refractivity contribution in [3.05, 3.63) is 65.2 Å². The predicted octanol–water partition coefficient (Wildman–Crippen LogP) is 3.17. The van der Waals surface area contributed by atoms with Crippen LogP contribution in [0.2, 0.25) is 0 Å². The van der Waals surface area contributed by atoms with Crippen LogP contribution in [0.15, 0.2) is 42.5 Å². The van der Waals surface area contributed by atoms with E-state index in [0.29, 0.717) is 12.3 Å². The Morgan fingerprint density at radius 1 is 1.17 bits per heavy atom. The number of hydrogen-bond acceptors (Lipinski definition) is 4. The quantitative estimate of drug-likeness (QED) is 0.680. The number of likely N-dealkylation sites (N-methyl/N-ethyl adjacent to an activating group) is 1. The molecule has 7 heteroatoms. The maximum Gasteiger partial charge on any atom is 0.227 e. The molecular weight excluding hydrogens is 390 g/mol. The summed E-state index contributed by atoms with van der Waals surface area (Å²) in [5.41, 5.74) is 1.13. The minimum absolute atomic E-state index is 0.0590. The molecule has 1 fully saturated rings. The van der Waals surface area contributed by atoms with Gasteiger partial charge in [-0.25, -0.2) is 8.78 Å². The summed E-state index contributed by atoms with van der Waals surface area (Å²) in [5, 5.41) is 8.90. The molecule has 1 aliphatic heterocycles. The van der Waals surface area contributed by atoms with E-state index in [1.807, 2.05) is 24.3 Å². The molecule has 0 bridgehead atoms. The summed E-state index contributed by atoms with van der Waals surface area (Å²) < 4.78 is 32.6. The Balaban J connectivity index is 1.77. The molecule has 0 spiro atoms. The Bertz CT molecular complexity index is 839. The van der Waals surface area contributed by atoms with Gasteiger partial charge in [-0.3, -0.25) is 4.79 Å². The maximum atomic E-state index is 14.0. The molecule has 0 aliphatic carbocycles. The van der Waals surface area contributed by atoms with Crippen LogP contribution in [0.4, 0.5) is 8.78 Å². The number of amides is 1. The summed E-state index contributed by atoms with van der Waals surface area (Å²) in [6, 6.07) is 10.5. The van der Waals surface area contributed by atoms with Crippen LogP contribution in [0.3, 0.4) is 0 Å². The van der Waals surface area contributed by atoms with Crippen LogP contribution < -0.4 is 4.74 Å². The molecule has 1 N–H and O–H groups in total. The van der Waals surface area contributed by atoms with Crippen LogP contribution in [-0.4, -0.2) is 60.7 Å². The van der Waals surface area contributed by atoms with E-state index in [-0.39, 0.29) is 37.1 Å². The van der Waals surface area contributed by atoms with Crippen molar-refractivity contribution in [2.75, 3.05) is 39.9 Å². The molecule has 30 heavy (non-hydrogen) atoms. The molecule has 1 saturated heterocycles. The average Bonchev–Trinajstić information content (AvgIpc) is 3.26. The van der Waals surface area contributed by atoms with Crippen molar-refractivity contribution in [2.24, 2.45) is 0 Å². The van der Waals surface area contributed by atoms with Gasteiger partial charge < -0.3 is 19.6 Å². The maximum absolute atomic E-state index is 14.0. The summed E-state index contributed by atoms with van der Waals surface area (Å²) in [6.07, 6.45) is 2.15. The first kappa shape index (κ1) is 22.2. The Morgan fingerprint density at radius 3 is 2.50 bits per heavy atom. The number of carbonyl (C=O) groups is 1. The topological polar surface area (TPSA) is 53.0 Å². The van der Waals surface area contributed by atoms with E-state index in [1.54, 1.807) is 11.9 Å². The molecular formula is C23H28F2N2O3. The Labute approximate surface area is 175 Å². The van der Waals surface area contributed by atoms with Crippen molar-refractivity contribution in [1.29, 1.82) is 0 Å². The van der Waals surface area contributed by atoms with E-state index in [0.717, 1.165) is 37.6 Å². The van der Waals surface area contributed by atoms with Crippen LogP contribution in [0.5, 0.6) is 5.75 Å². The summed E-state index contributed by atoms with van der Waals surface area (Å²) in [5.74, 6) is -0.953. The van der Waals surface area contributed by atoms with Gasteiger partial charge >= 0.3 is 0 Å². The second-order valence-electron chi connectivity index (χ2n) is 7.58. The highest BCUT2D eigenvalue weighted by Crippen LogP contribution is 2.26. The molecule has 1 unspecified atom stereocenters. The van der Waals surface area contributed by atoms with Crippen molar-refractivity contribution in [3.8, 4) is 5.75 Å². The SMILES string of the molecule is CN(C(=O)Cc1ccc(F)cc1F)C(CN1CCCC1)c1ccc(OCCO)cc1. The summed E-state index contributed by atoms with van der Waals surface area (Å²) in [4.78, 5) is 16.9. The predicted molar refractivity (Wildman–Crippen MR) is 110 cm³/mol. The van der Waals surface area contributed by atoms with Gasteiger partial charge in [-0.2, -0.15) is 0 Å². The zero-order valence-electron chi connectivity index (χ0n) is 17.2. The molecule has 1 aliphatic rings. The molecule has 1 atom stereocenters. The van der Waals surface area contributed by atoms with Crippen LogP contribution >= 0.6 is 0 Å². The largest absolute Gasteiger partial charge is 0.491 e. The molecule has 1 heterocycles. The van der Waals surface area contributed by atoms with Crippen LogP contribution in [0.1, 0.15) is 30.0 Å². The lowest BCUT2D eigenvalue weighted by molar-refractivity contribution is -0.131. The zero-order valence-corrected chi connectivity index (χ0v) is 17.2. The Morgan fingerprint density at radius 2 is 1.87 bits per heavy atom. The van der Waals surface area contributed by atoms with Gasteiger partial charge in [-0.1, -0.05) is 18.2 Å². The van der Waals surface area contributed by atoms with Gasteiger partial charge in [0.15, 0.2) is 0 Å². The number of benzene rings is 2. The number of rotatable bonds is 9. The fraction of sp³-hybridized carbons (Fsp3) is 0.435. The molecule has 0 aromatic heterocycles. The number of hydrogen-bond donors (Lipinski definition) is 1. The molecule has 3 rings (SSSR count). The van der Waals surface area contributed by atoms with Crippen molar-refractivity contribution in [2.45, 2.75) is 25.3 Å². The lowest BCUT2D eigenvalue weighted by Gasteiger charge is -2.32. The van der Waals surface area contributed by atoms with E-state index in [4.69, 9.17) is 9.84 Å². The standard InChI is InChI=1S/C23H28F2N2O3/c1-26(23(29)14-18-4-7-19(24)15-21(18)25)22(16-27-10-2-3-11-27)17-5-8-20(9-6-17)30-13-12-28/h4-9,15,22,28H,2-3,10-14,16H2,1H3. The number of nitrogens with zero attached hydrogens (tertiary/aromatic N) is 2.